The van der Waals surface area contributed by atoms with Crippen LogP contribution in [0.15, 0.2) is 0 Å². The highest BCUT2D eigenvalue weighted by Crippen LogP contribution is 2.41. The molecular weight excluding hydrogens is 196 g/mol. The van der Waals surface area contributed by atoms with Crippen molar-refractivity contribution in [3.8, 4) is 0 Å². The molecule has 0 aromatic heterocycles. The molecule has 2 bridgehead atoms. The molecule has 0 radical (unpaired) electrons. The van der Waals surface area contributed by atoms with Gasteiger partial charge in [0.25, 0.3) is 0 Å². The maximum Gasteiger partial charge on any atom is 0.00988 e. The van der Waals surface area contributed by atoms with E-state index in [1.807, 2.05) is 0 Å². The van der Waals surface area contributed by atoms with Gasteiger partial charge in [-0.2, -0.15) is 0 Å². The lowest BCUT2D eigenvalue weighted by molar-refractivity contribution is 0.0859. The minimum Gasteiger partial charge on any atom is -0.317 e. The highest BCUT2D eigenvalue weighted by Gasteiger charge is 2.41. The molecule has 2 heteroatoms. The van der Waals surface area contributed by atoms with Gasteiger partial charge in [-0.15, -0.1) is 0 Å². The molecule has 2 atom stereocenters. The quantitative estimate of drug-likeness (QED) is 0.788. The Labute approximate surface area is 99.8 Å². The molecule has 1 aliphatic carbocycles. The zero-order chi connectivity index (χ0) is 11.0. The maximum absolute atomic E-state index is 3.51. The summed E-state index contributed by atoms with van der Waals surface area (Å²) < 4.78 is 0. The van der Waals surface area contributed by atoms with Crippen LogP contribution in [-0.4, -0.2) is 37.1 Å². The van der Waals surface area contributed by atoms with Gasteiger partial charge in [0.15, 0.2) is 0 Å². The van der Waals surface area contributed by atoms with Crippen LogP contribution >= 0.6 is 0 Å². The molecule has 1 N–H and O–H groups in total. The minimum absolute atomic E-state index is 0.649. The number of piperidine rings is 2. The number of hydrogen-bond acceptors (Lipinski definition) is 2. The topological polar surface area (TPSA) is 15.3 Å². The maximum atomic E-state index is 3.51. The first-order chi connectivity index (χ1) is 7.81. The molecule has 3 rings (SSSR count). The van der Waals surface area contributed by atoms with Crippen molar-refractivity contribution in [2.75, 3.05) is 26.2 Å². The fourth-order valence-electron chi connectivity index (χ4n) is 4.23. The molecule has 2 saturated heterocycles. The van der Waals surface area contributed by atoms with E-state index in [1.165, 1.54) is 64.7 Å². The van der Waals surface area contributed by atoms with Crippen molar-refractivity contribution in [3.05, 3.63) is 0 Å². The Morgan fingerprint density at radius 1 is 1.25 bits per heavy atom. The predicted octanol–water partition coefficient (Wildman–Crippen LogP) is 2.25. The first-order valence-electron chi connectivity index (χ1n) is 7.26. The number of fused-ring (bicyclic) bond motifs is 2. The van der Waals surface area contributed by atoms with Crippen LogP contribution in [0, 0.1) is 11.3 Å². The normalized spacial score (nSPS) is 38.1. The predicted molar refractivity (Wildman–Crippen MR) is 67.5 cm³/mol. The minimum atomic E-state index is 0.649. The number of rotatable bonds is 3. The van der Waals surface area contributed by atoms with Crippen molar-refractivity contribution in [1.82, 2.24) is 10.2 Å². The monoisotopic (exact) mass is 222 g/mol. The van der Waals surface area contributed by atoms with Gasteiger partial charge in [0.1, 0.15) is 0 Å². The van der Waals surface area contributed by atoms with Crippen molar-refractivity contribution in [3.63, 3.8) is 0 Å². The molecule has 2 nitrogen and oxygen atoms in total. The van der Waals surface area contributed by atoms with Crippen molar-refractivity contribution < 1.29 is 0 Å². The third kappa shape index (κ3) is 1.91. The Bertz CT molecular complexity index is 245. The van der Waals surface area contributed by atoms with Gasteiger partial charge in [0, 0.05) is 19.1 Å². The summed E-state index contributed by atoms with van der Waals surface area (Å²) in [4.78, 5) is 2.84. The molecule has 0 spiro atoms. The molecule has 3 fully saturated rings. The Kier molecular flexibility index (Phi) is 2.97. The van der Waals surface area contributed by atoms with Gasteiger partial charge in [-0.05, 0) is 62.9 Å². The smallest absolute Gasteiger partial charge is 0.00988 e. The lowest BCUT2D eigenvalue weighted by atomic mass is 9.76. The van der Waals surface area contributed by atoms with E-state index in [1.54, 1.807) is 0 Å². The van der Waals surface area contributed by atoms with Crippen molar-refractivity contribution in [2.24, 2.45) is 11.3 Å². The lowest BCUT2D eigenvalue weighted by Gasteiger charge is -2.42. The SMILES string of the molecule is CCC1(CN2CC3CCC2C3)CCNCC1. The zero-order valence-corrected chi connectivity index (χ0v) is 10.7. The second-order valence-corrected chi connectivity index (χ2v) is 6.37. The van der Waals surface area contributed by atoms with Gasteiger partial charge >= 0.3 is 0 Å². The number of nitrogens with zero attached hydrogens (tertiary/aromatic N) is 1. The molecule has 0 amide bonds. The standard InChI is InChI=1S/C14H26N2/c1-2-14(5-7-15-8-6-14)11-16-10-12-3-4-13(16)9-12/h12-13,15H,2-11H2,1H3. The summed E-state index contributed by atoms with van der Waals surface area (Å²) in [5.74, 6) is 1.06. The van der Waals surface area contributed by atoms with Gasteiger partial charge in [-0.25, -0.2) is 0 Å². The zero-order valence-electron chi connectivity index (χ0n) is 10.7. The van der Waals surface area contributed by atoms with Gasteiger partial charge in [0.05, 0.1) is 0 Å². The summed E-state index contributed by atoms with van der Waals surface area (Å²) in [5.41, 5.74) is 0.649. The Hall–Kier alpha value is -0.0800. The summed E-state index contributed by atoms with van der Waals surface area (Å²) in [6.07, 6.45) is 8.69. The molecule has 16 heavy (non-hydrogen) atoms. The first-order valence-corrected chi connectivity index (χ1v) is 7.26. The second kappa shape index (κ2) is 4.30. The molecule has 2 aliphatic heterocycles. The Morgan fingerprint density at radius 3 is 2.62 bits per heavy atom. The van der Waals surface area contributed by atoms with Crippen LogP contribution in [0.2, 0.25) is 0 Å². The molecule has 92 valence electrons. The summed E-state index contributed by atoms with van der Waals surface area (Å²) >= 11 is 0. The number of likely N-dealkylation sites (tertiary alicyclic amines) is 1. The average molecular weight is 222 g/mol. The molecule has 2 unspecified atom stereocenters. The molecule has 1 saturated carbocycles. The fourth-order valence-corrected chi connectivity index (χ4v) is 4.23. The summed E-state index contributed by atoms with van der Waals surface area (Å²) in [6.45, 7) is 7.71. The van der Waals surface area contributed by atoms with E-state index in [0.29, 0.717) is 5.41 Å². The van der Waals surface area contributed by atoms with Gasteiger partial charge in [0.2, 0.25) is 0 Å². The van der Waals surface area contributed by atoms with E-state index in [-0.39, 0.29) is 0 Å². The van der Waals surface area contributed by atoms with Crippen LogP contribution in [0.4, 0.5) is 0 Å². The number of nitrogens with one attached hydrogen (secondary N) is 1. The molecule has 2 heterocycles. The highest BCUT2D eigenvalue weighted by molar-refractivity contribution is 4.96. The van der Waals surface area contributed by atoms with E-state index in [9.17, 15) is 0 Å². The van der Waals surface area contributed by atoms with Crippen LogP contribution in [0.1, 0.15) is 45.4 Å². The second-order valence-electron chi connectivity index (χ2n) is 6.37. The van der Waals surface area contributed by atoms with Gasteiger partial charge < -0.3 is 5.32 Å². The van der Waals surface area contributed by atoms with E-state index < -0.39 is 0 Å². The lowest BCUT2D eigenvalue weighted by Crippen LogP contribution is -2.46. The van der Waals surface area contributed by atoms with Crippen LogP contribution in [0.5, 0.6) is 0 Å². The van der Waals surface area contributed by atoms with Crippen molar-refractivity contribution in [1.29, 1.82) is 0 Å². The molecule has 3 aliphatic rings. The van der Waals surface area contributed by atoms with Crippen LogP contribution in [0.3, 0.4) is 0 Å². The molecular formula is C14H26N2. The molecule has 0 aromatic carbocycles. The summed E-state index contributed by atoms with van der Waals surface area (Å²) in [5, 5.41) is 3.51. The van der Waals surface area contributed by atoms with E-state index in [4.69, 9.17) is 0 Å². The van der Waals surface area contributed by atoms with Crippen molar-refractivity contribution >= 4 is 0 Å². The van der Waals surface area contributed by atoms with Crippen LogP contribution in [-0.2, 0) is 0 Å². The van der Waals surface area contributed by atoms with Gasteiger partial charge in [-0.1, -0.05) is 6.92 Å². The Balaban J connectivity index is 1.63. The van der Waals surface area contributed by atoms with E-state index >= 15 is 0 Å². The Morgan fingerprint density at radius 2 is 2.06 bits per heavy atom. The molecule has 0 aromatic rings. The van der Waals surface area contributed by atoms with Crippen LogP contribution in [0.25, 0.3) is 0 Å². The van der Waals surface area contributed by atoms with E-state index in [2.05, 4.69) is 17.1 Å². The highest BCUT2D eigenvalue weighted by atomic mass is 15.2. The first kappa shape index (κ1) is 11.0. The largest absolute Gasteiger partial charge is 0.317 e. The van der Waals surface area contributed by atoms with E-state index in [0.717, 1.165) is 12.0 Å². The average Bonchev–Trinajstić information content (AvgIpc) is 2.92. The summed E-state index contributed by atoms with van der Waals surface area (Å²) in [6, 6.07) is 0.961. The fraction of sp³-hybridized carbons (Fsp3) is 1.00. The van der Waals surface area contributed by atoms with Crippen molar-refractivity contribution in [2.45, 2.75) is 51.5 Å². The van der Waals surface area contributed by atoms with Crippen LogP contribution < -0.4 is 5.32 Å². The summed E-state index contributed by atoms with van der Waals surface area (Å²) in [7, 11) is 0. The third-order valence-corrected chi connectivity index (χ3v) is 5.48. The number of hydrogen-bond donors (Lipinski definition) is 1. The third-order valence-electron chi connectivity index (χ3n) is 5.48. The van der Waals surface area contributed by atoms with Gasteiger partial charge in [-0.3, -0.25) is 4.90 Å².